The van der Waals surface area contributed by atoms with Gasteiger partial charge in [0.2, 0.25) is 0 Å². The van der Waals surface area contributed by atoms with Gasteiger partial charge in [-0.25, -0.2) is 14.6 Å². The first-order valence-electron chi connectivity index (χ1n) is 11.3. The number of fused-ring (bicyclic) bond motifs is 3. The van der Waals surface area contributed by atoms with Gasteiger partial charge in [0.05, 0.1) is 28.8 Å². The number of thioether (sulfide) groups is 1. The summed E-state index contributed by atoms with van der Waals surface area (Å²) in [6.45, 7) is 3.78. The first-order valence-corrected chi connectivity index (χ1v) is 13.5. The molecule has 0 spiro atoms. The average Bonchev–Trinajstić information content (AvgIpc) is 3.63. The normalized spacial score (nSPS) is 18.7. The van der Waals surface area contributed by atoms with Crippen molar-refractivity contribution in [3.05, 3.63) is 60.7 Å². The van der Waals surface area contributed by atoms with Crippen LogP contribution in [0.3, 0.4) is 0 Å². The lowest BCUT2D eigenvalue weighted by Gasteiger charge is -2.32. The second-order valence-electron chi connectivity index (χ2n) is 8.91. The van der Waals surface area contributed by atoms with E-state index in [-0.39, 0.29) is 54.4 Å². The molecule has 6 heterocycles. The summed E-state index contributed by atoms with van der Waals surface area (Å²) in [4.78, 5) is 45.2. The minimum atomic E-state index is -0.411. The van der Waals surface area contributed by atoms with Crippen LogP contribution >= 0.6 is 61.7 Å². The van der Waals surface area contributed by atoms with Crippen molar-refractivity contribution in [2.45, 2.75) is 24.0 Å². The number of carbonyl (C=O) groups is 1. The summed E-state index contributed by atoms with van der Waals surface area (Å²) in [5, 5.41) is 2.91. The number of rotatable bonds is 4. The summed E-state index contributed by atoms with van der Waals surface area (Å²) in [7, 11) is 3.16. The molecule has 6 rings (SSSR count). The molecule has 1 amide bonds. The lowest BCUT2D eigenvalue weighted by molar-refractivity contribution is 0.158. The van der Waals surface area contributed by atoms with Gasteiger partial charge >= 0.3 is 11.8 Å². The van der Waals surface area contributed by atoms with Gasteiger partial charge in [-0.05, 0) is 30.7 Å². The maximum Gasteiger partial charge on any atom is 0.409 e. The largest absolute Gasteiger partial charge is 0.448 e. The Bertz CT molecular complexity index is 1650. The number of nitrogens with zero attached hydrogens (tertiary/aromatic N) is 5. The highest BCUT2D eigenvalue weighted by Gasteiger charge is 2.39. The number of hydrogen-bond donors (Lipinski definition) is 0. The average molecular weight is 616 g/mol. The number of hydrogen-bond acceptors (Lipinski definition) is 8. The number of furan rings is 1. The number of aryl methyl sites for hydroxylation is 2. The second kappa shape index (κ2) is 10.7. The summed E-state index contributed by atoms with van der Waals surface area (Å²) in [5.41, 5.74) is 2.06. The lowest BCUT2D eigenvalue weighted by atomic mass is 10.2. The fraction of sp³-hybridized carbons (Fsp3) is 0.391. The van der Waals surface area contributed by atoms with Crippen LogP contribution in [0.1, 0.15) is 22.4 Å². The van der Waals surface area contributed by atoms with Crippen molar-refractivity contribution in [2.75, 3.05) is 19.7 Å². The Morgan fingerprint density at radius 3 is 2.53 bits per heavy atom. The Morgan fingerprint density at radius 1 is 1.16 bits per heavy atom. The molecular formula is C23H26ClN5O5S4. The van der Waals surface area contributed by atoms with Gasteiger partial charge in [-0.1, -0.05) is 0 Å². The number of ether oxygens (including phenoxy) is 1. The highest BCUT2D eigenvalue weighted by molar-refractivity contribution is 8.00. The first kappa shape index (κ1) is 28.7. The summed E-state index contributed by atoms with van der Waals surface area (Å²) >= 11 is 9.23. The van der Waals surface area contributed by atoms with Crippen molar-refractivity contribution in [1.29, 1.82) is 0 Å². The Kier molecular flexibility index (Phi) is 8.11. The zero-order chi connectivity index (χ0) is 25.3. The highest BCUT2D eigenvalue weighted by atomic mass is 35.5. The first-order chi connectivity index (χ1) is 17.2. The van der Waals surface area contributed by atoms with E-state index in [4.69, 9.17) is 25.7 Å². The van der Waals surface area contributed by atoms with Crippen LogP contribution in [0.4, 0.5) is 4.79 Å². The molecule has 0 unspecified atom stereocenters. The van der Waals surface area contributed by atoms with Crippen molar-refractivity contribution < 1.29 is 13.9 Å². The molecular weight excluding hydrogens is 590 g/mol. The van der Waals surface area contributed by atoms with Gasteiger partial charge in [0, 0.05) is 43.5 Å². The topological polar surface area (TPSA) is 104 Å². The third-order valence-electron chi connectivity index (χ3n) is 6.61. The van der Waals surface area contributed by atoms with E-state index in [1.807, 2.05) is 18.4 Å². The van der Waals surface area contributed by atoms with Gasteiger partial charge in [-0.3, -0.25) is 13.9 Å². The zero-order valence-corrected chi connectivity index (χ0v) is 25.1. The van der Waals surface area contributed by atoms with E-state index in [1.165, 1.54) is 23.0 Å². The minimum Gasteiger partial charge on any atom is -0.448 e. The van der Waals surface area contributed by atoms with Crippen molar-refractivity contribution in [1.82, 2.24) is 23.6 Å². The van der Waals surface area contributed by atoms with Gasteiger partial charge in [0.15, 0.2) is 5.22 Å². The number of thiazole rings is 1. The van der Waals surface area contributed by atoms with Gasteiger partial charge in [-0.2, -0.15) is 27.0 Å². The predicted octanol–water partition coefficient (Wildman–Crippen LogP) is 3.60. The van der Waals surface area contributed by atoms with Crippen LogP contribution < -0.4 is 11.2 Å². The molecule has 0 aliphatic carbocycles. The van der Waals surface area contributed by atoms with Crippen LogP contribution in [0.25, 0.3) is 21.6 Å². The van der Waals surface area contributed by atoms with Crippen molar-refractivity contribution in [2.24, 2.45) is 14.1 Å². The number of aromatic nitrogens is 4. The molecule has 2 aliphatic heterocycles. The molecule has 0 saturated carbocycles. The van der Waals surface area contributed by atoms with Crippen LogP contribution in [-0.2, 0) is 25.4 Å². The van der Waals surface area contributed by atoms with Gasteiger partial charge in [0.25, 0.3) is 5.56 Å². The molecule has 15 heteroatoms. The SMILES string of the molecule is Cc1csc(-c2c3c(=O)n(C)c(=O)n(C)c3c3n2C[C@@H](CN2CCOC2=O)S[C@@H]3c2ccc(Cl)o2)n1.S.S. The van der Waals surface area contributed by atoms with Crippen LogP contribution in [-0.4, -0.2) is 54.6 Å². The standard InChI is InChI=1S/C23H22ClN5O5S2.2H2S/c1-11-10-35-20(25-11)17-15-16(26(2)22(31)27(3)21(15)30)18-19(13-4-5-14(24)34-13)36-12(9-29(17)18)8-28-6-7-33-23(28)32;;/h4-5,10,12,19H,6-9H2,1-3H3;2*1H2/t12-,19-;;/m1../s1. The van der Waals surface area contributed by atoms with E-state index < -0.39 is 5.69 Å². The summed E-state index contributed by atoms with van der Waals surface area (Å²) in [5.74, 6) is 0.606. The molecule has 10 nitrogen and oxygen atoms in total. The Morgan fingerprint density at radius 2 is 1.92 bits per heavy atom. The summed E-state index contributed by atoms with van der Waals surface area (Å²) in [6.07, 6.45) is -0.330. The van der Waals surface area contributed by atoms with E-state index >= 15 is 0 Å². The molecule has 1 fully saturated rings. The van der Waals surface area contributed by atoms with E-state index in [0.29, 0.717) is 53.6 Å². The highest BCUT2D eigenvalue weighted by Crippen LogP contribution is 2.49. The summed E-state index contributed by atoms with van der Waals surface area (Å²) in [6, 6.07) is 3.49. The molecule has 4 aromatic heterocycles. The molecule has 2 aliphatic rings. The molecule has 0 radical (unpaired) electrons. The Labute approximate surface area is 244 Å². The number of halogens is 1. The fourth-order valence-corrected chi connectivity index (χ4v) is 7.52. The van der Waals surface area contributed by atoms with Crippen LogP contribution in [0.5, 0.6) is 0 Å². The van der Waals surface area contributed by atoms with Crippen LogP contribution in [0.2, 0.25) is 5.22 Å². The molecule has 204 valence electrons. The maximum atomic E-state index is 13.6. The van der Waals surface area contributed by atoms with Crippen LogP contribution in [0.15, 0.2) is 31.5 Å². The third-order valence-corrected chi connectivity index (χ3v) is 9.19. The van der Waals surface area contributed by atoms with Gasteiger partial charge in [0.1, 0.15) is 22.6 Å². The predicted molar refractivity (Wildman–Crippen MR) is 159 cm³/mol. The van der Waals surface area contributed by atoms with Gasteiger partial charge in [-0.15, -0.1) is 23.1 Å². The lowest BCUT2D eigenvalue weighted by Crippen LogP contribution is -2.37. The number of amides is 1. The van der Waals surface area contributed by atoms with Crippen molar-refractivity contribution >= 4 is 78.7 Å². The molecule has 0 aromatic carbocycles. The molecule has 0 bridgehead atoms. The molecule has 38 heavy (non-hydrogen) atoms. The van der Waals surface area contributed by atoms with E-state index in [1.54, 1.807) is 29.8 Å². The van der Waals surface area contributed by atoms with Crippen molar-refractivity contribution in [3.8, 4) is 10.7 Å². The zero-order valence-electron chi connectivity index (χ0n) is 20.7. The van der Waals surface area contributed by atoms with Crippen molar-refractivity contribution in [3.63, 3.8) is 0 Å². The molecule has 1 saturated heterocycles. The molecule has 0 N–H and O–H groups in total. The molecule has 2 atom stereocenters. The molecule has 4 aromatic rings. The Hall–Kier alpha value is -2.26. The second-order valence-corrected chi connectivity index (χ2v) is 11.5. The van der Waals surface area contributed by atoms with E-state index in [0.717, 1.165) is 16.0 Å². The van der Waals surface area contributed by atoms with Gasteiger partial charge < -0.3 is 18.6 Å². The number of cyclic esters (lactones) is 1. The van der Waals surface area contributed by atoms with Crippen LogP contribution in [0, 0.1) is 6.92 Å². The number of carbonyl (C=O) groups excluding carboxylic acids is 1. The maximum absolute atomic E-state index is 13.6. The quantitative estimate of drug-likeness (QED) is 0.345. The fourth-order valence-electron chi connectivity index (χ4n) is 4.99. The van der Waals surface area contributed by atoms with E-state index in [9.17, 15) is 14.4 Å². The monoisotopic (exact) mass is 615 g/mol. The third kappa shape index (κ3) is 4.49. The smallest absolute Gasteiger partial charge is 0.409 e. The minimum absolute atomic E-state index is 0. The van der Waals surface area contributed by atoms with E-state index in [2.05, 4.69) is 4.57 Å². The Balaban J connectivity index is 0.00000168. The summed E-state index contributed by atoms with van der Waals surface area (Å²) < 4.78 is 15.7.